The molecule has 0 saturated heterocycles. The van der Waals surface area contributed by atoms with Gasteiger partial charge in [-0.05, 0) is 37.6 Å². The Morgan fingerprint density at radius 2 is 2.05 bits per heavy atom. The number of nitrogens with zero attached hydrogens (tertiary/aromatic N) is 2. The monoisotopic (exact) mass is 294 g/mol. The molecule has 2 rings (SSSR count). The Hall–Kier alpha value is -1.68. The van der Waals surface area contributed by atoms with E-state index in [4.69, 9.17) is 11.6 Å². The quantitative estimate of drug-likeness (QED) is 0.868. The first kappa shape index (κ1) is 14.7. The summed E-state index contributed by atoms with van der Waals surface area (Å²) in [4.78, 5) is 12.1. The lowest BCUT2D eigenvalue weighted by atomic mass is 10.0. The van der Waals surface area contributed by atoms with E-state index in [-0.39, 0.29) is 18.6 Å². The Morgan fingerprint density at radius 1 is 1.35 bits per heavy atom. The largest absolute Gasteiger partial charge is 0.299 e. The zero-order valence-corrected chi connectivity index (χ0v) is 12.5. The number of halogens is 2. The van der Waals surface area contributed by atoms with Gasteiger partial charge in [0.15, 0.2) is 0 Å². The zero-order valence-electron chi connectivity index (χ0n) is 11.7. The van der Waals surface area contributed by atoms with Crippen LogP contribution >= 0.6 is 11.6 Å². The molecule has 0 bridgehead atoms. The molecular weight excluding hydrogens is 279 g/mol. The van der Waals surface area contributed by atoms with Gasteiger partial charge in [0.05, 0.1) is 5.69 Å². The molecule has 0 N–H and O–H groups in total. The third-order valence-corrected chi connectivity index (χ3v) is 3.66. The lowest BCUT2D eigenvalue weighted by molar-refractivity contribution is -0.117. The highest BCUT2D eigenvalue weighted by molar-refractivity contribution is 6.30. The van der Waals surface area contributed by atoms with E-state index in [1.165, 1.54) is 18.2 Å². The van der Waals surface area contributed by atoms with Gasteiger partial charge in [-0.3, -0.25) is 9.48 Å². The summed E-state index contributed by atoms with van der Waals surface area (Å²) < 4.78 is 15.4. The van der Waals surface area contributed by atoms with Crippen LogP contribution in [0.5, 0.6) is 0 Å². The summed E-state index contributed by atoms with van der Waals surface area (Å²) in [6, 6.07) is 4.25. The number of aryl methyl sites for hydroxylation is 2. The molecule has 0 atom stereocenters. The second-order valence-electron chi connectivity index (χ2n) is 4.90. The van der Waals surface area contributed by atoms with E-state index in [0.29, 0.717) is 10.6 Å². The molecule has 20 heavy (non-hydrogen) atoms. The van der Waals surface area contributed by atoms with Gasteiger partial charge < -0.3 is 0 Å². The second-order valence-corrected chi connectivity index (χ2v) is 5.34. The lowest BCUT2D eigenvalue weighted by Gasteiger charge is -2.04. The first-order valence-electron chi connectivity index (χ1n) is 6.33. The van der Waals surface area contributed by atoms with Gasteiger partial charge in [-0.15, -0.1) is 0 Å². The summed E-state index contributed by atoms with van der Waals surface area (Å²) in [5.41, 5.74) is 3.05. The fraction of sp³-hybridized carbons (Fsp3) is 0.333. The maximum Gasteiger partial charge on any atom is 0.141 e. The molecular formula is C15H16ClFN2O. The minimum absolute atomic E-state index is 0.0418. The number of benzene rings is 1. The highest BCUT2D eigenvalue weighted by Gasteiger charge is 2.15. The van der Waals surface area contributed by atoms with E-state index in [2.05, 4.69) is 5.10 Å². The molecule has 0 saturated carbocycles. The molecule has 2 aromatic rings. The number of aromatic nitrogens is 2. The van der Waals surface area contributed by atoms with Crippen LogP contribution < -0.4 is 0 Å². The highest BCUT2D eigenvalue weighted by atomic mass is 35.5. The van der Waals surface area contributed by atoms with E-state index in [1.807, 2.05) is 20.9 Å². The van der Waals surface area contributed by atoms with Crippen molar-refractivity contribution in [3.63, 3.8) is 0 Å². The standard InChI is InChI=1S/C15H16ClFN2O/c1-9-14(10(2)19(3)18-9)8-13(20)7-11-6-12(16)4-5-15(11)17/h4-6H,7-8H2,1-3H3. The second kappa shape index (κ2) is 5.75. The SMILES string of the molecule is Cc1nn(C)c(C)c1CC(=O)Cc1cc(Cl)ccc1F. The first-order valence-corrected chi connectivity index (χ1v) is 6.71. The summed E-state index contributed by atoms with van der Waals surface area (Å²) in [7, 11) is 1.84. The van der Waals surface area contributed by atoms with Crippen molar-refractivity contribution in [1.29, 1.82) is 0 Å². The van der Waals surface area contributed by atoms with Crippen LogP contribution in [0.25, 0.3) is 0 Å². The van der Waals surface area contributed by atoms with Gasteiger partial charge in [-0.2, -0.15) is 5.10 Å². The van der Waals surface area contributed by atoms with E-state index in [0.717, 1.165) is 17.0 Å². The van der Waals surface area contributed by atoms with Gasteiger partial charge in [-0.1, -0.05) is 11.6 Å². The summed E-state index contributed by atoms with van der Waals surface area (Å²) >= 11 is 5.82. The average molecular weight is 295 g/mol. The normalized spacial score (nSPS) is 10.8. The van der Waals surface area contributed by atoms with Crippen LogP contribution in [0.15, 0.2) is 18.2 Å². The van der Waals surface area contributed by atoms with Crippen molar-refractivity contribution in [3.05, 3.63) is 51.6 Å². The molecule has 5 heteroatoms. The van der Waals surface area contributed by atoms with E-state index in [9.17, 15) is 9.18 Å². The van der Waals surface area contributed by atoms with Crippen molar-refractivity contribution >= 4 is 17.4 Å². The molecule has 1 heterocycles. The maximum absolute atomic E-state index is 13.6. The zero-order chi connectivity index (χ0) is 14.9. The number of ketones is 1. The van der Waals surface area contributed by atoms with Crippen LogP contribution in [0.1, 0.15) is 22.5 Å². The molecule has 106 valence electrons. The van der Waals surface area contributed by atoms with Crippen LogP contribution in [0, 0.1) is 19.7 Å². The molecule has 3 nitrogen and oxygen atoms in total. The minimum Gasteiger partial charge on any atom is -0.299 e. The number of carbonyl (C=O) groups excluding carboxylic acids is 1. The van der Waals surface area contributed by atoms with Crippen molar-refractivity contribution in [2.24, 2.45) is 7.05 Å². The van der Waals surface area contributed by atoms with Crippen LogP contribution in [0.4, 0.5) is 4.39 Å². The van der Waals surface area contributed by atoms with Crippen LogP contribution in [-0.2, 0) is 24.7 Å². The van der Waals surface area contributed by atoms with Crippen LogP contribution in [-0.4, -0.2) is 15.6 Å². The fourth-order valence-corrected chi connectivity index (χ4v) is 2.42. The number of Topliss-reactive ketones (excluding diaryl/α,β-unsaturated/α-hetero) is 1. The van der Waals surface area contributed by atoms with E-state index < -0.39 is 5.82 Å². The van der Waals surface area contributed by atoms with Crippen LogP contribution in [0.3, 0.4) is 0 Å². The third kappa shape index (κ3) is 3.07. The Bertz CT molecular complexity index is 664. The molecule has 0 unspecified atom stereocenters. The molecule has 0 aliphatic rings. The number of rotatable bonds is 4. The average Bonchev–Trinajstić information content (AvgIpc) is 2.61. The number of hydrogen-bond donors (Lipinski definition) is 0. The fourth-order valence-electron chi connectivity index (χ4n) is 2.22. The van der Waals surface area contributed by atoms with Crippen molar-refractivity contribution in [2.75, 3.05) is 0 Å². The van der Waals surface area contributed by atoms with Crippen molar-refractivity contribution in [2.45, 2.75) is 26.7 Å². The van der Waals surface area contributed by atoms with Gasteiger partial charge >= 0.3 is 0 Å². The van der Waals surface area contributed by atoms with Gasteiger partial charge in [0.25, 0.3) is 0 Å². The third-order valence-electron chi connectivity index (χ3n) is 3.43. The summed E-state index contributed by atoms with van der Waals surface area (Å²) in [6.45, 7) is 3.79. The van der Waals surface area contributed by atoms with Crippen LogP contribution in [0.2, 0.25) is 5.02 Å². The number of hydrogen-bond acceptors (Lipinski definition) is 2. The molecule has 0 amide bonds. The summed E-state index contributed by atoms with van der Waals surface area (Å²) in [6.07, 6.45) is 0.303. The molecule has 1 aromatic heterocycles. The van der Waals surface area contributed by atoms with Gasteiger partial charge in [0.1, 0.15) is 11.6 Å². The maximum atomic E-state index is 13.6. The predicted octanol–water partition coefficient (Wildman–Crippen LogP) is 3.18. The highest BCUT2D eigenvalue weighted by Crippen LogP contribution is 2.18. The first-order chi connectivity index (χ1) is 9.38. The van der Waals surface area contributed by atoms with Crippen molar-refractivity contribution in [1.82, 2.24) is 9.78 Å². The molecule has 0 radical (unpaired) electrons. The molecule has 1 aromatic carbocycles. The van der Waals surface area contributed by atoms with E-state index >= 15 is 0 Å². The van der Waals surface area contributed by atoms with Crippen molar-refractivity contribution in [3.8, 4) is 0 Å². The molecule has 0 aliphatic carbocycles. The van der Waals surface area contributed by atoms with Gasteiger partial charge in [0, 0.05) is 36.2 Å². The Kier molecular flexibility index (Phi) is 4.23. The van der Waals surface area contributed by atoms with Crippen molar-refractivity contribution < 1.29 is 9.18 Å². The summed E-state index contributed by atoms with van der Waals surface area (Å²) in [5.74, 6) is -0.451. The Morgan fingerprint density at radius 3 is 2.65 bits per heavy atom. The predicted molar refractivity (Wildman–Crippen MR) is 76.5 cm³/mol. The molecule has 0 aliphatic heterocycles. The molecule has 0 fully saturated rings. The topological polar surface area (TPSA) is 34.9 Å². The van der Waals surface area contributed by atoms with E-state index in [1.54, 1.807) is 4.68 Å². The smallest absolute Gasteiger partial charge is 0.141 e. The Balaban J connectivity index is 2.15. The number of carbonyl (C=O) groups is 1. The molecule has 0 spiro atoms. The van der Waals surface area contributed by atoms with Gasteiger partial charge in [-0.25, -0.2) is 4.39 Å². The summed E-state index contributed by atoms with van der Waals surface area (Å²) in [5, 5.41) is 4.70. The lowest BCUT2D eigenvalue weighted by Crippen LogP contribution is -2.09. The van der Waals surface area contributed by atoms with Gasteiger partial charge in [0.2, 0.25) is 0 Å². The Labute approximate surface area is 122 Å². The minimum atomic E-state index is -0.401.